The van der Waals surface area contributed by atoms with E-state index < -0.39 is 5.97 Å². The summed E-state index contributed by atoms with van der Waals surface area (Å²) in [6, 6.07) is 0.371. The van der Waals surface area contributed by atoms with E-state index in [2.05, 4.69) is 28.0 Å². The average molecular weight is 266 g/mol. The number of carbonyl (C=O) groups is 1. The van der Waals surface area contributed by atoms with Crippen molar-refractivity contribution in [3.8, 4) is 0 Å². The number of nitrogens with zero attached hydrogens (tertiary/aromatic N) is 4. The Balaban J connectivity index is 1.81. The van der Waals surface area contributed by atoms with E-state index in [4.69, 9.17) is 5.11 Å². The maximum absolute atomic E-state index is 10.6. The van der Waals surface area contributed by atoms with Gasteiger partial charge in [-0.05, 0) is 6.92 Å². The fraction of sp³-hybridized carbons (Fsp3) is 0.692. The van der Waals surface area contributed by atoms with Gasteiger partial charge in [0.25, 0.3) is 0 Å². The molecule has 6 heteroatoms. The molecule has 19 heavy (non-hydrogen) atoms. The lowest BCUT2D eigenvalue weighted by Crippen LogP contribution is -2.47. The van der Waals surface area contributed by atoms with Gasteiger partial charge in [-0.2, -0.15) is 5.10 Å². The predicted molar refractivity (Wildman–Crippen MR) is 71.9 cm³/mol. The van der Waals surface area contributed by atoms with E-state index in [0.29, 0.717) is 12.6 Å². The van der Waals surface area contributed by atoms with Crippen LogP contribution in [0.1, 0.15) is 24.9 Å². The molecule has 6 nitrogen and oxygen atoms in total. The first-order valence-electron chi connectivity index (χ1n) is 6.73. The van der Waals surface area contributed by atoms with E-state index >= 15 is 0 Å². The molecule has 1 aromatic rings. The molecule has 1 saturated heterocycles. The van der Waals surface area contributed by atoms with Crippen LogP contribution in [0.25, 0.3) is 0 Å². The number of hydrogen-bond acceptors (Lipinski definition) is 4. The van der Waals surface area contributed by atoms with Crippen molar-refractivity contribution in [1.82, 2.24) is 19.6 Å². The van der Waals surface area contributed by atoms with E-state index in [0.717, 1.165) is 26.2 Å². The molecule has 0 spiro atoms. The predicted octanol–water partition coefficient (Wildman–Crippen LogP) is 0.573. The first kappa shape index (κ1) is 14.0. The van der Waals surface area contributed by atoms with Gasteiger partial charge in [-0.15, -0.1) is 0 Å². The molecule has 0 saturated carbocycles. The van der Waals surface area contributed by atoms with E-state index in [-0.39, 0.29) is 6.42 Å². The van der Waals surface area contributed by atoms with Crippen LogP contribution in [-0.4, -0.2) is 63.4 Å². The molecule has 1 N–H and O–H groups in total. The Bertz CT molecular complexity index is 424. The first-order valence-corrected chi connectivity index (χ1v) is 6.73. The first-order chi connectivity index (χ1) is 9.06. The van der Waals surface area contributed by atoms with E-state index in [1.165, 1.54) is 5.56 Å². The lowest BCUT2D eigenvalue weighted by atomic mass is 10.1. The van der Waals surface area contributed by atoms with Gasteiger partial charge in [0.2, 0.25) is 0 Å². The van der Waals surface area contributed by atoms with Crippen molar-refractivity contribution < 1.29 is 9.90 Å². The summed E-state index contributed by atoms with van der Waals surface area (Å²) in [5.41, 5.74) is 1.24. The van der Waals surface area contributed by atoms with E-state index in [1.54, 1.807) is 0 Å². The lowest BCUT2D eigenvalue weighted by Gasteiger charge is -2.37. The minimum absolute atomic E-state index is 0.234. The smallest absolute Gasteiger partial charge is 0.304 e. The summed E-state index contributed by atoms with van der Waals surface area (Å²) < 4.78 is 1.83. The molecule has 2 heterocycles. The van der Waals surface area contributed by atoms with Crippen LogP contribution in [0.3, 0.4) is 0 Å². The minimum atomic E-state index is -0.717. The summed E-state index contributed by atoms with van der Waals surface area (Å²) in [7, 11) is 1.93. The highest BCUT2D eigenvalue weighted by Gasteiger charge is 2.22. The maximum Gasteiger partial charge on any atom is 0.304 e. The Labute approximate surface area is 113 Å². The van der Waals surface area contributed by atoms with Gasteiger partial charge in [-0.3, -0.25) is 14.4 Å². The lowest BCUT2D eigenvalue weighted by molar-refractivity contribution is -0.137. The van der Waals surface area contributed by atoms with Crippen molar-refractivity contribution >= 4 is 5.97 Å². The monoisotopic (exact) mass is 266 g/mol. The van der Waals surface area contributed by atoms with Crippen LogP contribution in [0, 0.1) is 0 Å². The Hall–Kier alpha value is -1.40. The number of carboxylic acids is 1. The van der Waals surface area contributed by atoms with Gasteiger partial charge in [0.05, 0.1) is 12.6 Å². The second kappa shape index (κ2) is 6.16. The highest BCUT2D eigenvalue weighted by atomic mass is 16.4. The second-order valence-electron chi connectivity index (χ2n) is 5.14. The summed E-state index contributed by atoms with van der Waals surface area (Å²) in [6.07, 6.45) is 4.21. The third-order valence-corrected chi connectivity index (χ3v) is 3.80. The molecular weight excluding hydrogens is 244 g/mol. The van der Waals surface area contributed by atoms with Crippen LogP contribution >= 0.6 is 0 Å². The third-order valence-electron chi connectivity index (χ3n) is 3.80. The van der Waals surface area contributed by atoms with Gasteiger partial charge in [-0.25, -0.2) is 0 Å². The zero-order valence-electron chi connectivity index (χ0n) is 11.6. The van der Waals surface area contributed by atoms with E-state index in [9.17, 15) is 4.79 Å². The van der Waals surface area contributed by atoms with Gasteiger partial charge >= 0.3 is 5.97 Å². The standard InChI is InChI=1S/C13H22N4O2/c1-11(12-9-14-15(2)10-12)17-7-5-16(6-8-17)4-3-13(18)19/h9-11H,3-8H2,1-2H3,(H,18,19). The quantitative estimate of drug-likeness (QED) is 0.844. The molecule has 1 aliphatic rings. The zero-order chi connectivity index (χ0) is 13.8. The van der Waals surface area contributed by atoms with Crippen molar-refractivity contribution in [2.75, 3.05) is 32.7 Å². The summed E-state index contributed by atoms with van der Waals surface area (Å²) in [6.45, 7) is 6.70. The Kier molecular flexibility index (Phi) is 4.55. The molecule has 0 bridgehead atoms. The summed E-state index contributed by atoms with van der Waals surface area (Å²) >= 11 is 0. The Morgan fingerprint density at radius 2 is 2.11 bits per heavy atom. The molecule has 0 aromatic carbocycles. The van der Waals surface area contributed by atoms with Crippen molar-refractivity contribution in [2.45, 2.75) is 19.4 Å². The van der Waals surface area contributed by atoms with Crippen LogP contribution in [0.15, 0.2) is 12.4 Å². The number of aryl methyl sites for hydroxylation is 1. The minimum Gasteiger partial charge on any atom is -0.481 e. The number of piperazine rings is 1. The van der Waals surface area contributed by atoms with Crippen LogP contribution in [-0.2, 0) is 11.8 Å². The van der Waals surface area contributed by atoms with E-state index in [1.807, 2.05) is 17.9 Å². The number of aliphatic carboxylic acids is 1. The molecule has 1 aromatic heterocycles. The summed E-state index contributed by atoms with van der Waals surface area (Å²) in [5.74, 6) is -0.717. The van der Waals surface area contributed by atoms with Crippen molar-refractivity contribution in [3.63, 3.8) is 0 Å². The molecule has 1 fully saturated rings. The summed E-state index contributed by atoms with van der Waals surface area (Å²) in [4.78, 5) is 15.2. The molecule has 2 rings (SSSR count). The Morgan fingerprint density at radius 3 is 2.63 bits per heavy atom. The number of hydrogen-bond donors (Lipinski definition) is 1. The SMILES string of the molecule is CC(c1cnn(C)c1)N1CCN(CCC(=O)O)CC1. The van der Waals surface area contributed by atoms with Gasteiger partial charge in [0, 0.05) is 57.6 Å². The van der Waals surface area contributed by atoms with Gasteiger partial charge in [0.1, 0.15) is 0 Å². The van der Waals surface area contributed by atoms with Gasteiger partial charge in [0.15, 0.2) is 0 Å². The largest absolute Gasteiger partial charge is 0.481 e. The zero-order valence-corrected chi connectivity index (χ0v) is 11.6. The highest BCUT2D eigenvalue weighted by molar-refractivity contribution is 5.66. The topological polar surface area (TPSA) is 61.6 Å². The molecular formula is C13H22N4O2. The highest BCUT2D eigenvalue weighted by Crippen LogP contribution is 2.20. The normalized spacial score (nSPS) is 19.5. The molecule has 106 valence electrons. The molecule has 1 unspecified atom stereocenters. The maximum atomic E-state index is 10.6. The molecule has 1 aliphatic heterocycles. The third kappa shape index (κ3) is 3.78. The number of aromatic nitrogens is 2. The van der Waals surface area contributed by atoms with Crippen molar-refractivity contribution in [1.29, 1.82) is 0 Å². The number of rotatable bonds is 5. The fourth-order valence-electron chi connectivity index (χ4n) is 2.49. The molecule has 0 amide bonds. The number of carboxylic acid groups (broad SMARTS) is 1. The van der Waals surface area contributed by atoms with Crippen LogP contribution < -0.4 is 0 Å². The van der Waals surface area contributed by atoms with Crippen LogP contribution in [0.4, 0.5) is 0 Å². The molecule has 0 radical (unpaired) electrons. The van der Waals surface area contributed by atoms with Crippen LogP contribution in [0.2, 0.25) is 0 Å². The Morgan fingerprint density at radius 1 is 1.42 bits per heavy atom. The summed E-state index contributed by atoms with van der Waals surface area (Å²) in [5, 5.41) is 12.9. The van der Waals surface area contributed by atoms with Crippen molar-refractivity contribution in [2.24, 2.45) is 7.05 Å². The average Bonchev–Trinajstić information content (AvgIpc) is 2.83. The fourth-order valence-corrected chi connectivity index (χ4v) is 2.49. The van der Waals surface area contributed by atoms with Gasteiger partial charge in [-0.1, -0.05) is 0 Å². The van der Waals surface area contributed by atoms with Crippen molar-refractivity contribution in [3.05, 3.63) is 18.0 Å². The van der Waals surface area contributed by atoms with Crippen LogP contribution in [0.5, 0.6) is 0 Å². The molecule has 1 atom stereocenters. The second-order valence-corrected chi connectivity index (χ2v) is 5.14. The molecule has 0 aliphatic carbocycles. The van der Waals surface area contributed by atoms with Gasteiger partial charge < -0.3 is 10.0 Å².